The van der Waals surface area contributed by atoms with Crippen LogP contribution >= 0.6 is 47.8 Å². The summed E-state index contributed by atoms with van der Waals surface area (Å²) in [5, 5.41) is 2.08. The Kier molecular flexibility index (Phi) is 5.86. The van der Waals surface area contributed by atoms with Crippen molar-refractivity contribution in [2.75, 3.05) is 10.7 Å². The number of hydrogen-bond donors (Lipinski definition) is 0. The topological polar surface area (TPSA) is 0 Å². The van der Waals surface area contributed by atoms with Crippen LogP contribution in [-0.2, 0) is 6.42 Å². The Morgan fingerprint density at radius 2 is 1.60 bits per heavy atom. The molecule has 0 radical (unpaired) electrons. The lowest BCUT2D eigenvalue weighted by atomic mass is 9.83. The molecule has 0 N–H and O–H groups in total. The van der Waals surface area contributed by atoms with E-state index in [0.29, 0.717) is 5.41 Å². The van der Waals surface area contributed by atoms with Crippen LogP contribution < -0.4 is 0 Å². The summed E-state index contributed by atoms with van der Waals surface area (Å²) in [7, 11) is 0. The van der Waals surface area contributed by atoms with Gasteiger partial charge in [-0.25, -0.2) is 0 Å². The highest BCUT2D eigenvalue weighted by atomic mass is 79.9. The molecule has 3 heteroatoms. The van der Waals surface area contributed by atoms with Crippen molar-refractivity contribution in [2.45, 2.75) is 19.8 Å². The average molecular weight is 399 g/mol. The maximum absolute atomic E-state index is 3.63. The Balaban J connectivity index is 2.78. The van der Waals surface area contributed by atoms with Crippen LogP contribution in [0.2, 0.25) is 0 Å². The zero-order valence-electron chi connectivity index (χ0n) is 8.77. The fourth-order valence-corrected chi connectivity index (χ4v) is 3.86. The van der Waals surface area contributed by atoms with Crippen LogP contribution in [0, 0.1) is 5.41 Å². The van der Waals surface area contributed by atoms with Crippen molar-refractivity contribution in [3.63, 3.8) is 0 Å². The zero-order valence-corrected chi connectivity index (χ0v) is 13.5. The van der Waals surface area contributed by atoms with Gasteiger partial charge in [-0.15, -0.1) is 0 Å². The number of benzene rings is 1. The fourth-order valence-electron chi connectivity index (χ4n) is 1.48. The Hall–Kier alpha value is 0.660. The molecule has 1 aromatic rings. The summed E-state index contributed by atoms with van der Waals surface area (Å²) in [5.74, 6) is 0. The first-order valence-electron chi connectivity index (χ1n) is 5.02. The first-order valence-corrected chi connectivity index (χ1v) is 8.06. The third-order valence-corrected chi connectivity index (χ3v) is 5.72. The molecule has 0 aromatic heterocycles. The first-order chi connectivity index (χ1) is 7.15. The smallest absolute Gasteiger partial charge is 0.0175 e. The molecule has 0 heterocycles. The third-order valence-electron chi connectivity index (χ3n) is 2.81. The summed E-state index contributed by atoms with van der Waals surface area (Å²) in [4.78, 5) is 0. The molecule has 15 heavy (non-hydrogen) atoms. The van der Waals surface area contributed by atoms with Crippen molar-refractivity contribution >= 4 is 47.8 Å². The van der Waals surface area contributed by atoms with Gasteiger partial charge in [0.05, 0.1) is 0 Å². The molecule has 84 valence electrons. The minimum Gasteiger partial charge on any atom is -0.0922 e. The van der Waals surface area contributed by atoms with Crippen molar-refractivity contribution in [1.82, 2.24) is 0 Å². The van der Waals surface area contributed by atoms with E-state index in [1.165, 1.54) is 12.0 Å². The van der Waals surface area contributed by atoms with Gasteiger partial charge in [-0.2, -0.15) is 0 Å². The number of rotatable bonds is 5. The van der Waals surface area contributed by atoms with Crippen LogP contribution in [0.1, 0.15) is 18.9 Å². The molecule has 0 fully saturated rings. The van der Waals surface area contributed by atoms with E-state index >= 15 is 0 Å². The Morgan fingerprint density at radius 3 is 2.00 bits per heavy atom. The molecule has 0 bridgehead atoms. The van der Waals surface area contributed by atoms with Gasteiger partial charge in [0.15, 0.2) is 0 Å². The highest BCUT2D eigenvalue weighted by Crippen LogP contribution is 2.31. The van der Waals surface area contributed by atoms with Crippen LogP contribution in [-0.4, -0.2) is 10.7 Å². The molecule has 0 saturated carbocycles. The Bertz CT molecular complexity index is 280. The maximum atomic E-state index is 3.63. The molecule has 0 aliphatic carbocycles. The van der Waals surface area contributed by atoms with Crippen molar-refractivity contribution in [3.05, 3.63) is 34.3 Å². The number of halogens is 3. The van der Waals surface area contributed by atoms with E-state index in [1.807, 2.05) is 0 Å². The van der Waals surface area contributed by atoms with Gasteiger partial charge in [-0.05, 0) is 36.0 Å². The van der Waals surface area contributed by atoms with Gasteiger partial charge in [0, 0.05) is 15.1 Å². The molecule has 0 saturated heterocycles. The van der Waals surface area contributed by atoms with Gasteiger partial charge in [-0.1, -0.05) is 66.8 Å². The largest absolute Gasteiger partial charge is 0.0922 e. The minimum atomic E-state index is 0.341. The lowest BCUT2D eigenvalue weighted by Crippen LogP contribution is -2.26. The summed E-state index contributed by atoms with van der Waals surface area (Å²) in [6.45, 7) is 2.25. The molecule has 0 atom stereocenters. The van der Waals surface area contributed by atoms with E-state index in [-0.39, 0.29) is 0 Å². The SMILES string of the molecule is CCC(CBr)(CBr)Cc1ccc(Br)cc1. The van der Waals surface area contributed by atoms with Crippen molar-refractivity contribution < 1.29 is 0 Å². The fraction of sp³-hybridized carbons (Fsp3) is 0.500. The molecule has 0 aliphatic heterocycles. The molecular weight excluding hydrogens is 384 g/mol. The lowest BCUT2D eigenvalue weighted by Gasteiger charge is -2.28. The molecule has 0 unspecified atom stereocenters. The molecule has 0 aliphatic rings. The minimum absolute atomic E-state index is 0.341. The molecule has 1 aromatic carbocycles. The van der Waals surface area contributed by atoms with Gasteiger partial charge < -0.3 is 0 Å². The summed E-state index contributed by atoms with van der Waals surface area (Å²) in [6, 6.07) is 8.61. The van der Waals surface area contributed by atoms with Gasteiger partial charge in [0.1, 0.15) is 0 Å². The number of hydrogen-bond acceptors (Lipinski definition) is 0. The van der Waals surface area contributed by atoms with E-state index < -0.39 is 0 Å². The number of alkyl halides is 2. The van der Waals surface area contributed by atoms with Crippen LogP contribution in [0.15, 0.2) is 28.7 Å². The van der Waals surface area contributed by atoms with Gasteiger partial charge in [-0.3, -0.25) is 0 Å². The second-order valence-corrected chi connectivity index (χ2v) is 5.96. The molecule has 0 nitrogen and oxygen atoms in total. The first kappa shape index (κ1) is 13.7. The van der Waals surface area contributed by atoms with Crippen LogP contribution in [0.25, 0.3) is 0 Å². The predicted molar refractivity (Wildman–Crippen MR) is 78.2 cm³/mol. The van der Waals surface area contributed by atoms with Gasteiger partial charge in [0.25, 0.3) is 0 Å². The highest BCUT2D eigenvalue weighted by Gasteiger charge is 2.25. The van der Waals surface area contributed by atoms with E-state index in [1.54, 1.807) is 0 Å². The Labute approximate surface area is 117 Å². The predicted octanol–water partition coefficient (Wildman–Crippen LogP) is 5.18. The normalized spacial score (nSPS) is 11.7. The van der Waals surface area contributed by atoms with Crippen molar-refractivity contribution in [1.29, 1.82) is 0 Å². The quantitative estimate of drug-likeness (QED) is 0.599. The van der Waals surface area contributed by atoms with Gasteiger partial charge in [0.2, 0.25) is 0 Å². The lowest BCUT2D eigenvalue weighted by molar-refractivity contribution is 0.374. The molecule has 1 rings (SSSR count). The van der Waals surface area contributed by atoms with E-state index in [0.717, 1.165) is 21.6 Å². The van der Waals surface area contributed by atoms with E-state index in [9.17, 15) is 0 Å². The van der Waals surface area contributed by atoms with Crippen LogP contribution in [0.3, 0.4) is 0 Å². The summed E-state index contributed by atoms with van der Waals surface area (Å²) >= 11 is 10.7. The summed E-state index contributed by atoms with van der Waals surface area (Å²) in [6.07, 6.45) is 2.30. The highest BCUT2D eigenvalue weighted by molar-refractivity contribution is 9.10. The molecular formula is C12H15Br3. The zero-order chi connectivity index (χ0) is 11.3. The van der Waals surface area contributed by atoms with Crippen molar-refractivity contribution in [3.8, 4) is 0 Å². The van der Waals surface area contributed by atoms with Crippen molar-refractivity contribution in [2.24, 2.45) is 5.41 Å². The second-order valence-electron chi connectivity index (χ2n) is 3.92. The van der Waals surface area contributed by atoms with Crippen LogP contribution in [0.4, 0.5) is 0 Å². The molecule has 0 amide bonds. The van der Waals surface area contributed by atoms with Crippen LogP contribution in [0.5, 0.6) is 0 Å². The van der Waals surface area contributed by atoms with Gasteiger partial charge >= 0.3 is 0 Å². The summed E-state index contributed by atoms with van der Waals surface area (Å²) in [5.41, 5.74) is 1.74. The Morgan fingerprint density at radius 1 is 1.07 bits per heavy atom. The monoisotopic (exact) mass is 396 g/mol. The maximum Gasteiger partial charge on any atom is 0.0175 e. The molecule has 0 spiro atoms. The third kappa shape index (κ3) is 3.86. The van der Waals surface area contributed by atoms with E-state index in [2.05, 4.69) is 79.0 Å². The average Bonchev–Trinajstić information content (AvgIpc) is 2.29. The summed E-state index contributed by atoms with van der Waals surface area (Å²) < 4.78 is 1.14. The standard InChI is InChI=1S/C12H15Br3/c1-2-12(8-13,9-14)7-10-3-5-11(15)6-4-10/h3-6H,2,7-9H2,1H3. The second kappa shape index (κ2) is 6.41. The van der Waals surface area contributed by atoms with E-state index in [4.69, 9.17) is 0 Å².